The first-order valence-corrected chi connectivity index (χ1v) is 12.3. The lowest BCUT2D eigenvalue weighted by Crippen LogP contribution is -2.18. The first-order chi connectivity index (χ1) is 15.7. The number of phenols is 2. The second kappa shape index (κ2) is 10.7. The van der Waals surface area contributed by atoms with Crippen molar-refractivity contribution < 1.29 is 19.7 Å². The Morgan fingerprint density at radius 3 is 1.53 bits per heavy atom. The van der Waals surface area contributed by atoms with E-state index in [1.807, 2.05) is 65.8 Å². The molecular weight excluding hydrogens is 424 g/mol. The van der Waals surface area contributed by atoms with Crippen molar-refractivity contribution >= 4 is 5.97 Å². The Morgan fingerprint density at radius 1 is 0.853 bits per heavy atom. The number of aryl methyl sites for hydroxylation is 2. The lowest BCUT2D eigenvalue weighted by molar-refractivity contribution is -0.141. The first-order valence-electron chi connectivity index (χ1n) is 12.3. The van der Waals surface area contributed by atoms with Crippen molar-refractivity contribution in [1.29, 1.82) is 0 Å². The first kappa shape index (κ1) is 27.5. The van der Waals surface area contributed by atoms with Gasteiger partial charge < -0.3 is 14.9 Å². The standard InChI is InChI=1S/C30H42O4/c1-10-13-19-15-21(26(32)23(17-19)29(4,5)6)28(34-25(31)12-3)22-16-20(14-11-2)18-24(27(22)33)30(7,8)9/h12,15-18,28,32-33H,3,10-11,13-14H2,1-2,4-9H3. The van der Waals surface area contributed by atoms with Gasteiger partial charge in [-0.15, -0.1) is 0 Å². The molecule has 0 saturated carbocycles. The smallest absolute Gasteiger partial charge is 0.331 e. The Balaban J connectivity index is 2.93. The molecule has 186 valence electrons. The Morgan fingerprint density at radius 2 is 1.24 bits per heavy atom. The van der Waals surface area contributed by atoms with Crippen LogP contribution in [0.2, 0.25) is 0 Å². The Kier molecular flexibility index (Phi) is 8.63. The van der Waals surface area contributed by atoms with Crippen molar-refractivity contribution in [2.45, 2.75) is 98.0 Å². The molecular formula is C30H42O4. The van der Waals surface area contributed by atoms with E-state index < -0.39 is 12.1 Å². The number of benzene rings is 2. The molecule has 0 aromatic heterocycles. The number of carbonyl (C=O) groups excluding carboxylic acids is 1. The average Bonchev–Trinajstić information content (AvgIpc) is 2.73. The van der Waals surface area contributed by atoms with Gasteiger partial charge in [-0.05, 0) is 58.1 Å². The van der Waals surface area contributed by atoms with Crippen LogP contribution in [-0.2, 0) is 33.2 Å². The van der Waals surface area contributed by atoms with E-state index in [0.717, 1.165) is 54.0 Å². The van der Waals surface area contributed by atoms with Crippen LogP contribution in [0.3, 0.4) is 0 Å². The molecule has 0 amide bonds. The molecule has 0 aliphatic carbocycles. The molecule has 0 bridgehead atoms. The van der Waals surface area contributed by atoms with Gasteiger partial charge in [0, 0.05) is 17.2 Å². The molecule has 0 aliphatic heterocycles. The summed E-state index contributed by atoms with van der Waals surface area (Å²) in [5.41, 5.74) is 4.00. The topological polar surface area (TPSA) is 66.8 Å². The molecule has 0 aliphatic rings. The third kappa shape index (κ3) is 6.22. The van der Waals surface area contributed by atoms with Crippen LogP contribution in [0.5, 0.6) is 11.5 Å². The summed E-state index contributed by atoms with van der Waals surface area (Å²) in [4.78, 5) is 12.5. The largest absolute Gasteiger partial charge is 0.507 e. The fourth-order valence-corrected chi connectivity index (χ4v) is 4.31. The zero-order valence-electron chi connectivity index (χ0n) is 22.2. The predicted molar refractivity (Wildman–Crippen MR) is 140 cm³/mol. The lowest BCUT2D eigenvalue weighted by Gasteiger charge is -2.29. The number of rotatable bonds is 8. The summed E-state index contributed by atoms with van der Waals surface area (Å²) in [5.74, 6) is -0.432. The normalized spacial score (nSPS) is 12.1. The second-order valence-electron chi connectivity index (χ2n) is 11.2. The van der Waals surface area contributed by atoms with Crippen molar-refractivity contribution in [3.05, 3.63) is 70.3 Å². The summed E-state index contributed by atoms with van der Waals surface area (Å²) in [6.45, 7) is 20.0. The highest BCUT2D eigenvalue weighted by Gasteiger charge is 2.32. The monoisotopic (exact) mass is 466 g/mol. The van der Waals surface area contributed by atoms with Crippen molar-refractivity contribution in [3.8, 4) is 11.5 Å². The van der Waals surface area contributed by atoms with Gasteiger partial charge in [0.2, 0.25) is 0 Å². The molecule has 0 radical (unpaired) electrons. The van der Waals surface area contributed by atoms with Crippen molar-refractivity contribution in [2.75, 3.05) is 0 Å². The quantitative estimate of drug-likeness (QED) is 0.314. The molecule has 0 atom stereocenters. The van der Waals surface area contributed by atoms with Gasteiger partial charge >= 0.3 is 5.97 Å². The van der Waals surface area contributed by atoms with Crippen LogP contribution in [-0.4, -0.2) is 16.2 Å². The zero-order valence-corrected chi connectivity index (χ0v) is 22.2. The van der Waals surface area contributed by atoms with Crippen molar-refractivity contribution in [2.24, 2.45) is 0 Å². The van der Waals surface area contributed by atoms with Gasteiger partial charge in [-0.3, -0.25) is 0 Å². The highest BCUT2D eigenvalue weighted by Crippen LogP contribution is 2.45. The van der Waals surface area contributed by atoms with E-state index in [2.05, 4.69) is 20.4 Å². The molecule has 2 aromatic rings. The molecule has 0 heterocycles. The third-order valence-electron chi connectivity index (χ3n) is 6.06. The summed E-state index contributed by atoms with van der Waals surface area (Å²) in [6.07, 6.45) is 3.68. The van der Waals surface area contributed by atoms with E-state index in [1.54, 1.807) is 0 Å². The van der Waals surface area contributed by atoms with Gasteiger partial charge in [-0.2, -0.15) is 0 Å². The number of esters is 1. The van der Waals surface area contributed by atoms with E-state index in [-0.39, 0.29) is 22.3 Å². The fraction of sp³-hybridized carbons (Fsp3) is 0.500. The van der Waals surface area contributed by atoms with Crippen LogP contribution < -0.4 is 0 Å². The van der Waals surface area contributed by atoms with Gasteiger partial charge in [0.05, 0.1) is 0 Å². The minimum Gasteiger partial charge on any atom is -0.507 e. The van der Waals surface area contributed by atoms with Gasteiger partial charge in [0.15, 0.2) is 6.10 Å². The summed E-state index contributed by atoms with van der Waals surface area (Å²) >= 11 is 0. The van der Waals surface area contributed by atoms with Crippen molar-refractivity contribution in [3.63, 3.8) is 0 Å². The van der Waals surface area contributed by atoms with E-state index in [1.165, 1.54) is 0 Å². The van der Waals surface area contributed by atoms with Crippen LogP contribution in [0.15, 0.2) is 36.9 Å². The Hall–Kier alpha value is -2.75. The van der Waals surface area contributed by atoms with Crippen LogP contribution >= 0.6 is 0 Å². The highest BCUT2D eigenvalue weighted by atomic mass is 16.5. The third-order valence-corrected chi connectivity index (χ3v) is 6.06. The fourth-order valence-electron chi connectivity index (χ4n) is 4.31. The number of ether oxygens (including phenoxy) is 1. The average molecular weight is 467 g/mol. The van der Waals surface area contributed by atoms with E-state index in [0.29, 0.717) is 11.1 Å². The van der Waals surface area contributed by atoms with Crippen LogP contribution in [0.25, 0.3) is 0 Å². The Bertz CT molecular complexity index is 962. The molecule has 4 nitrogen and oxygen atoms in total. The van der Waals surface area contributed by atoms with Crippen LogP contribution in [0, 0.1) is 0 Å². The predicted octanol–water partition coefficient (Wildman–Crippen LogP) is 7.42. The molecule has 34 heavy (non-hydrogen) atoms. The minimum absolute atomic E-state index is 0.0896. The van der Waals surface area contributed by atoms with E-state index in [4.69, 9.17) is 4.74 Å². The number of carbonyl (C=O) groups is 1. The van der Waals surface area contributed by atoms with Crippen LogP contribution in [0.4, 0.5) is 0 Å². The number of phenolic OH excluding ortho intramolecular Hbond substituents is 2. The van der Waals surface area contributed by atoms with E-state index >= 15 is 0 Å². The molecule has 2 N–H and O–H groups in total. The number of aromatic hydroxyl groups is 2. The molecule has 2 aromatic carbocycles. The van der Waals surface area contributed by atoms with Gasteiger partial charge in [0.1, 0.15) is 11.5 Å². The lowest BCUT2D eigenvalue weighted by atomic mass is 9.80. The summed E-state index contributed by atoms with van der Waals surface area (Å²) in [7, 11) is 0. The van der Waals surface area contributed by atoms with Gasteiger partial charge in [0.25, 0.3) is 0 Å². The maximum atomic E-state index is 12.5. The molecule has 4 heteroatoms. The summed E-state index contributed by atoms with van der Waals surface area (Å²) in [5, 5.41) is 22.9. The molecule has 0 saturated heterocycles. The SMILES string of the molecule is C=CC(=O)OC(c1cc(CCC)cc(C(C)(C)C)c1O)c1cc(CCC)cc(C(C)(C)C)c1O. The van der Waals surface area contributed by atoms with Crippen LogP contribution in [0.1, 0.15) is 108 Å². The van der Waals surface area contributed by atoms with Crippen molar-refractivity contribution in [1.82, 2.24) is 0 Å². The molecule has 0 unspecified atom stereocenters. The maximum Gasteiger partial charge on any atom is 0.331 e. The minimum atomic E-state index is -0.971. The molecule has 0 spiro atoms. The maximum absolute atomic E-state index is 12.5. The van der Waals surface area contributed by atoms with Gasteiger partial charge in [-0.1, -0.05) is 86.9 Å². The summed E-state index contributed by atoms with van der Waals surface area (Å²) < 4.78 is 5.86. The Labute approximate surface area is 205 Å². The van der Waals surface area contributed by atoms with E-state index in [9.17, 15) is 15.0 Å². The zero-order chi connectivity index (χ0) is 25.8. The second-order valence-corrected chi connectivity index (χ2v) is 11.2. The summed E-state index contributed by atoms with van der Waals surface area (Å²) in [6, 6.07) is 7.86. The highest BCUT2D eigenvalue weighted by molar-refractivity contribution is 5.82. The molecule has 0 fully saturated rings. The molecule has 2 rings (SSSR count). The number of hydrogen-bond acceptors (Lipinski definition) is 4. The number of hydrogen-bond donors (Lipinski definition) is 2. The van der Waals surface area contributed by atoms with Gasteiger partial charge in [-0.25, -0.2) is 4.79 Å².